The van der Waals surface area contributed by atoms with Crippen molar-refractivity contribution >= 4 is 17.5 Å². The SMILES string of the molecule is O=C(CN1CCCCCC1=O)Nc1ccc(F)c(F)c1. The summed E-state index contributed by atoms with van der Waals surface area (Å²) in [4.78, 5) is 25.1. The first-order valence-electron chi connectivity index (χ1n) is 6.59. The van der Waals surface area contributed by atoms with Crippen molar-refractivity contribution in [2.45, 2.75) is 25.7 Å². The minimum absolute atomic E-state index is 0.0389. The van der Waals surface area contributed by atoms with Crippen molar-refractivity contribution in [3.63, 3.8) is 0 Å². The maximum absolute atomic E-state index is 13.0. The number of hydrogen-bond donors (Lipinski definition) is 1. The molecule has 108 valence electrons. The second-order valence-electron chi connectivity index (χ2n) is 4.80. The summed E-state index contributed by atoms with van der Waals surface area (Å²) in [5.74, 6) is -2.44. The molecule has 1 aliphatic heterocycles. The van der Waals surface area contributed by atoms with Gasteiger partial charge in [-0.25, -0.2) is 8.78 Å². The lowest BCUT2D eigenvalue weighted by Crippen LogP contribution is -2.37. The molecule has 0 spiro atoms. The van der Waals surface area contributed by atoms with Crippen LogP contribution in [0, 0.1) is 11.6 Å². The quantitative estimate of drug-likeness (QED) is 0.925. The van der Waals surface area contributed by atoms with E-state index in [9.17, 15) is 18.4 Å². The lowest BCUT2D eigenvalue weighted by atomic mass is 10.2. The Kier molecular flexibility index (Phi) is 4.65. The van der Waals surface area contributed by atoms with Crippen LogP contribution in [0.2, 0.25) is 0 Å². The van der Waals surface area contributed by atoms with Gasteiger partial charge < -0.3 is 10.2 Å². The normalized spacial score (nSPS) is 15.9. The molecule has 1 saturated heterocycles. The maximum atomic E-state index is 13.0. The van der Waals surface area contributed by atoms with E-state index in [2.05, 4.69) is 5.32 Å². The van der Waals surface area contributed by atoms with E-state index in [1.165, 1.54) is 11.0 Å². The summed E-state index contributed by atoms with van der Waals surface area (Å²) in [6.45, 7) is 0.502. The zero-order valence-electron chi connectivity index (χ0n) is 11.0. The highest BCUT2D eigenvalue weighted by atomic mass is 19.2. The van der Waals surface area contributed by atoms with Crippen molar-refractivity contribution in [1.29, 1.82) is 0 Å². The van der Waals surface area contributed by atoms with Crippen LogP contribution in [0.15, 0.2) is 18.2 Å². The Morgan fingerprint density at radius 3 is 2.75 bits per heavy atom. The van der Waals surface area contributed by atoms with Gasteiger partial charge in [0.05, 0.1) is 6.54 Å². The number of carbonyl (C=O) groups excluding carboxylic acids is 2. The Hall–Kier alpha value is -1.98. The number of benzene rings is 1. The molecule has 2 amide bonds. The molecule has 0 bridgehead atoms. The van der Waals surface area contributed by atoms with Gasteiger partial charge in [0.2, 0.25) is 11.8 Å². The Morgan fingerprint density at radius 1 is 1.20 bits per heavy atom. The van der Waals surface area contributed by atoms with E-state index in [1.807, 2.05) is 0 Å². The predicted molar refractivity (Wildman–Crippen MR) is 70.0 cm³/mol. The van der Waals surface area contributed by atoms with E-state index in [1.54, 1.807) is 0 Å². The highest BCUT2D eigenvalue weighted by molar-refractivity contribution is 5.94. The van der Waals surface area contributed by atoms with Crippen molar-refractivity contribution in [1.82, 2.24) is 4.90 Å². The van der Waals surface area contributed by atoms with E-state index in [4.69, 9.17) is 0 Å². The van der Waals surface area contributed by atoms with Crippen LogP contribution in [0.5, 0.6) is 0 Å². The number of hydrogen-bond acceptors (Lipinski definition) is 2. The average Bonchev–Trinajstić information content (AvgIpc) is 2.59. The third-order valence-electron chi connectivity index (χ3n) is 3.21. The molecule has 1 N–H and O–H groups in total. The van der Waals surface area contributed by atoms with Gasteiger partial charge in [-0.1, -0.05) is 6.42 Å². The van der Waals surface area contributed by atoms with Crippen LogP contribution in [0.1, 0.15) is 25.7 Å². The fraction of sp³-hybridized carbons (Fsp3) is 0.429. The number of likely N-dealkylation sites (tertiary alicyclic amines) is 1. The number of anilines is 1. The van der Waals surface area contributed by atoms with Gasteiger partial charge in [0.15, 0.2) is 11.6 Å². The van der Waals surface area contributed by atoms with E-state index >= 15 is 0 Å². The smallest absolute Gasteiger partial charge is 0.243 e. The van der Waals surface area contributed by atoms with E-state index in [0.29, 0.717) is 13.0 Å². The zero-order valence-corrected chi connectivity index (χ0v) is 11.0. The van der Waals surface area contributed by atoms with Crippen LogP contribution in [0.25, 0.3) is 0 Å². The van der Waals surface area contributed by atoms with Crippen LogP contribution < -0.4 is 5.32 Å². The third-order valence-corrected chi connectivity index (χ3v) is 3.21. The molecule has 2 rings (SSSR count). The van der Waals surface area contributed by atoms with Gasteiger partial charge in [0, 0.05) is 24.7 Å². The van der Waals surface area contributed by atoms with E-state index in [0.717, 1.165) is 31.4 Å². The molecule has 6 heteroatoms. The predicted octanol–water partition coefficient (Wildman–Crippen LogP) is 2.31. The van der Waals surface area contributed by atoms with Crippen molar-refractivity contribution in [2.75, 3.05) is 18.4 Å². The molecule has 0 atom stereocenters. The van der Waals surface area contributed by atoms with Gasteiger partial charge in [0.1, 0.15) is 0 Å². The Morgan fingerprint density at radius 2 is 2.00 bits per heavy atom. The standard InChI is InChI=1S/C14H16F2N2O2/c15-11-6-5-10(8-12(11)16)17-13(19)9-18-7-3-1-2-4-14(18)20/h5-6,8H,1-4,7,9H2,(H,17,19). The van der Waals surface area contributed by atoms with Gasteiger partial charge >= 0.3 is 0 Å². The summed E-state index contributed by atoms with van der Waals surface area (Å²) >= 11 is 0. The number of amides is 2. The van der Waals surface area contributed by atoms with Crippen molar-refractivity contribution < 1.29 is 18.4 Å². The summed E-state index contributed by atoms with van der Waals surface area (Å²) < 4.78 is 25.8. The highest BCUT2D eigenvalue weighted by Crippen LogP contribution is 2.14. The Balaban J connectivity index is 1.94. The summed E-state index contributed by atoms with van der Waals surface area (Å²) in [6, 6.07) is 3.14. The number of rotatable bonds is 3. The number of nitrogens with one attached hydrogen (secondary N) is 1. The Labute approximate surface area is 115 Å². The van der Waals surface area contributed by atoms with E-state index in [-0.39, 0.29) is 18.1 Å². The van der Waals surface area contributed by atoms with E-state index < -0.39 is 17.5 Å². The molecule has 1 aliphatic rings. The van der Waals surface area contributed by atoms with Gasteiger partial charge in [-0.05, 0) is 25.0 Å². The maximum Gasteiger partial charge on any atom is 0.243 e. The molecule has 1 aromatic carbocycles. The molecule has 0 aliphatic carbocycles. The monoisotopic (exact) mass is 282 g/mol. The second-order valence-corrected chi connectivity index (χ2v) is 4.80. The minimum Gasteiger partial charge on any atom is -0.333 e. The van der Waals surface area contributed by atoms with Crippen molar-refractivity contribution in [3.8, 4) is 0 Å². The molecule has 0 aromatic heterocycles. The molecular weight excluding hydrogens is 266 g/mol. The molecule has 1 aromatic rings. The molecule has 0 radical (unpaired) electrons. The summed E-state index contributed by atoms with van der Waals surface area (Å²) in [6.07, 6.45) is 3.16. The highest BCUT2D eigenvalue weighted by Gasteiger charge is 2.19. The van der Waals surface area contributed by atoms with Gasteiger partial charge in [-0.2, -0.15) is 0 Å². The van der Waals surface area contributed by atoms with Gasteiger partial charge in [-0.15, -0.1) is 0 Å². The number of carbonyl (C=O) groups is 2. The third kappa shape index (κ3) is 3.76. The first kappa shape index (κ1) is 14.4. The van der Waals surface area contributed by atoms with Crippen LogP contribution in [0.3, 0.4) is 0 Å². The number of nitrogens with zero attached hydrogens (tertiary/aromatic N) is 1. The first-order chi connectivity index (χ1) is 9.56. The lowest BCUT2D eigenvalue weighted by Gasteiger charge is -2.19. The van der Waals surface area contributed by atoms with Crippen LogP contribution in [-0.4, -0.2) is 29.8 Å². The summed E-state index contributed by atoms with van der Waals surface area (Å²) in [7, 11) is 0. The van der Waals surface area contributed by atoms with Gasteiger partial charge in [-0.3, -0.25) is 9.59 Å². The van der Waals surface area contributed by atoms with Crippen LogP contribution in [-0.2, 0) is 9.59 Å². The first-order valence-corrected chi connectivity index (χ1v) is 6.59. The number of halogens is 2. The summed E-state index contributed by atoms with van der Waals surface area (Å²) in [5.41, 5.74) is 0.177. The van der Waals surface area contributed by atoms with Crippen LogP contribution in [0.4, 0.5) is 14.5 Å². The molecule has 1 heterocycles. The second kappa shape index (κ2) is 6.45. The molecule has 1 fully saturated rings. The topological polar surface area (TPSA) is 49.4 Å². The van der Waals surface area contributed by atoms with Crippen molar-refractivity contribution in [3.05, 3.63) is 29.8 Å². The molecule has 0 unspecified atom stereocenters. The molecule has 20 heavy (non-hydrogen) atoms. The van der Waals surface area contributed by atoms with Crippen molar-refractivity contribution in [2.24, 2.45) is 0 Å². The fourth-order valence-corrected chi connectivity index (χ4v) is 2.15. The average molecular weight is 282 g/mol. The largest absolute Gasteiger partial charge is 0.333 e. The van der Waals surface area contributed by atoms with Gasteiger partial charge in [0.25, 0.3) is 0 Å². The summed E-state index contributed by atoms with van der Waals surface area (Å²) in [5, 5.41) is 2.46. The molecular formula is C14H16F2N2O2. The Bertz CT molecular complexity index is 520. The lowest BCUT2D eigenvalue weighted by molar-refractivity contribution is -0.134. The minimum atomic E-state index is -1.02. The zero-order chi connectivity index (χ0) is 14.5. The molecule has 4 nitrogen and oxygen atoms in total. The van der Waals surface area contributed by atoms with Crippen LogP contribution >= 0.6 is 0 Å². The fourth-order valence-electron chi connectivity index (χ4n) is 2.15. The molecule has 0 saturated carbocycles.